The summed E-state index contributed by atoms with van der Waals surface area (Å²) in [7, 11) is -0.670. The normalized spacial score (nSPS) is 19.2. The molecule has 2 aromatic carbocycles. The van der Waals surface area contributed by atoms with Crippen LogP contribution in [0.25, 0.3) is 10.8 Å². The second-order valence-corrected chi connectivity index (χ2v) is 7.96. The molecule has 0 radical (unpaired) electrons. The molecule has 144 valence electrons. The molecule has 1 fully saturated rings. The predicted molar refractivity (Wildman–Crippen MR) is 106 cm³/mol. The van der Waals surface area contributed by atoms with E-state index in [-0.39, 0.29) is 18.1 Å². The van der Waals surface area contributed by atoms with Crippen molar-refractivity contribution < 1.29 is 23.9 Å². The smallest absolute Gasteiger partial charge is 0.466 e. The van der Waals surface area contributed by atoms with Crippen LogP contribution in [0.3, 0.4) is 0 Å². The lowest BCUT2D eigenvalue weighted by Crippen LogP contribution is -2.41. The van der Waals surface area contributed by atoms with Gasteiger partial charge < -0.3 is 19.2 Å². The molecule has 0 aromatic heterocycles. The van der Waals surface area contributed by atoms with Crippen molar-refractivity contribution in [2.45, 2.75) is 58.1 Å². The molecular formula is C21H27BO5. The highest BCUT2D eigenvalue weighted by molar-refractivity contribution is 6.48. The van der Waals surface area contributed by atoms with Crippen LogP contribution in [-0.4, -0.2) is 36.0 Å². The maximum absolute atomic E-state index is 12.3. The van der Waals surface area contributed by atoms with E-state index < -0.39 is 24.1 Å². The molecule has 1 unspecified atom stereocenters. The lowest BCUT2D eigenvalue weighted by Gasteiger charge is -2.32. The molecule has 1 heterocycles. The number of hydrogen-bond acceptors (Lipinski definition) is 5. The van der Waals surface area contributed by atoms with E-state index >= 15 is 0 Å². The summed E-state index contributed by atoms with van der Waals surface area (Å²) in [5.74, 6) is -0.710. The van der Waals surface area contributed by atoms with Crippen molar-refractivity contribution in [2.24, 2.45) is 0 Å². The number of carbonyl (C=O) groups is 1. The molecule has 2 aromatic rings. The Balaban J connectivity index is 2.09. The van der Waals surface area contributed by atoms with Gasteiger partial charge in [0.2, 0.25) is 0 Å². The van der Waals surface area contributed by atoms with Gasteiger partial charge in [-0.1, -0.05) is 30.3 Å². The van der Waals surface area contributed by atoms with Gasteiger partial charge in [-0.3, -0.25) is 4.79 Å². The molecule has 27 heavy (non-hydrogen) atoms. The molecular weight excluding hydrogens is 343 g/mol. The van der Waals surface area contributed by atoms with Crippen molar-refractivity contribution in [3.63, 3.8) is 0 Å². The van der Waals surface area contributed by atoms with E-state index in [1.807, 2.05) is 58.0 Å². The first-order chi connectivity index (χ1) is 12.7. The van der Waals surface area contributed by atoms with Gasteiger partial charge in [-0.25, -0.2) is 0 Å². The van der Waals surface area contributed by atoms with Crippen molar-refractivity contribution in [3.8, 4) is 5.75 Å². The SMILES string of the molecule is CCOC(=O)CC(B1OC(C)(C)C(C)(C)O1)c1c(O)ccc2ccccc12. The third-order valence-electron chi connectivity index (χ3n) is 5.61. The van der Waals surface area contributed by atoms with E-state index in [1.54, 1.807) is 13.0 Å². The molecule has 1 aliphatic rings. The summed E-state index contributed by atoms with van der Waals surface area (Å²) >= 11 is 0. The number of benzene rings is 2. The van der Waals surface area contributed by atoms with Crippen molar-refractivity contribution >= 4 is 23.9 Å². The molecule has 3 rings (SSSR count). The molecule has 0 amide bonds. The molecule has 0 saturated carbocycles. The minimum atomic E-state index is -0.670. The van der Waals surface area contributed by atoms with Crippen LogP contribution >= 0.6 is 0 Å². The third-order valence-corrected chi connectivity index (χ3v) is 5.61. The van der Waals surface area contributed by atoms with Crippen molar-refractivity contribution in [1.29, 1.82) is 0 Å². The maximum atomic E-state index is 12.3. The number of phenolic OH excluding ortho intramolecular Hbond substituents is 1. The zero-order valence-corrected chi connectivity index (χ0v) is 16.6. The van der Waals surface area contributed by atoms with E-state index in [1.165, 1.54) is 0 Å². The Kier molecular flexibility index (Phi) is 5.23. The molecule has 0 spiro atoms. The highest BCUT2D eigenvalue weighted by Gasteiger charge is 2.55. The molecule has 1 aliphatic heterocycles. The van der Waals surface area contributed by atoms with Crippen molar-refractivity contribution in [2.75, 3.05) is 6.61 Å². The fraction of sp³-hybridized carbons (Fsp3) is 0.476. The summed E-state index contributed by atoms with van der Waals surface area (Å²) < 4.78 is 17.6. The van der Waals surface area contributed by atoms with Gasteiger partial charge in [-0.05, 0) is 51.5 Å². The van der Waals surface area contributed by atoms with Gasteiger partial charge >= 0.3 is 13.1 Å². The topological polar surface area (TPSA) is 65.0 Å². The zero-order valence-electron chi connectivity index (χ0n) is 16.6. The number of esters is 1. The lowest BCUT2D eigenvalue weighted by molar-refractivity contribution is -0.143. The van der Waals surface area contributed by atoms with E-state index in [0.717, 1.165) is 10.8 Å². The van der Waals surface area contributed by atoms with Gasteiger partial charge in [-0.2, -0.15) is 0 Å². The molecule has 1 atom stereocenters. The Bertz CT molecular complexity index is 830. The monoisotopic (exact) mass is 370 g/mol. The summed E-state index contributed by atoms with van der Waals surface area (Å²) in [6, 6.07) is 11.3. The van der Waals surface area contributed by atoms with Crippen LogP contribution in [0.5, 0.6) is 5.75 Å². The molecule has 0 bridgehead atoms. The largest absolute Gasteiger partial charge is 0.508 e. The van der Waals surface area contributed by atoms with Gasteiger partial charge in [-0.15, -0.1) is 0 Å². The van der Waals surface area contributed by atoms with Crippen molar-refractivity contribution in [1.82, 2.24) is 0 Å². The summed E-state index contributed by atoms with van der Waals surface area (Å²) in [5, 5.41) is 12.5. The van der Waals surface area contributed by atoms with Crippen LogP contribution in [0.4, 0.5) is 0 Å². The van der Waals surface area contributed by atoms with Gasteiger partial charge in [0.05, 0.1) is 24.2 Å². The van der Waals surface area contributed by atoms with Crippen LogP contribution in [0, 0.1) is 0 Å². The number of ether oxygens (including phenoxy) is 1. The molecule has 5 nitrogen and oxygen atoms in total. The molecule has 0 aliphatic carbocycles. The average Bonchev–Trinajstić information content (AvgIpc) is 2.81. The lowest BCUT2D eigenvalue weighted by atomic mass is 9.65. The van der Waals surface area contributed by atoms with Gasteiger partial charge in [0, 0.05) is 11.4 Å². The fourth-order valence-corrected chi connectivity index (χ4v) is 3.46. The number of fused-ring (bicyclic) bond motifs is 1. The predicted octanol–water partition coefficient (Wildman–Crippen LogP) is 4.21. The Hall–Kier alpha value is -2.05. The van der Waals surface area contributed by atoms with E-state index in [2.05, 4.69) is 0 Å². The summed E-state index contributed by atoms with van der Waals surface area (Å²) in [6.45, 7) is 9.96. The quantitative estimate of drug-likeness (QED) is 0.631. The Morgan fingerprint density at radius 1 is 1.11 bits per heavy atom. The first-order valence-electron chi connectivity index (χ1n) is 9.38. The van der Waals surface area contributed by atoms with Crippen LogP contribution in [-0.2, 0) is 18.8 Å². The minimum Gasteiger partial charge on any atom is -0.508 e. The zero-order chi connectivity index (χ0) is 19.8. The highest BCUT2D eigenvalue weighted by atomic mass is 16.7. The van der Waals surface area contributed by atoms with Crippen LogP contribution < -0.4 is 0 Å². The van der Waals surface area contributed by atoms with Gasteiger partial charge in [0.15, 0.2) is 0 Å². The fourth-order valence-electron chi connectivity index (χ4n) is 3.46. The molecule has 6 heteroatoms. The van der Waals surface area contributed by atoms with E-state index in [0.29, 0.717) is 12.2 Å². The Labute approximate surface area is 160 Å². The third kappa shape index (κ3) is 3.69. The summed E-state index contributed by atoms with van der Waals surface area (Å²) in [5.41, 5.74) is -0.421. The number of hydrogen-bond donors (Lipinski definition) is 1. The molecule has 1 saturated heterocycles. The second kappa shape index (κ2) is 7.17. The Morgan fingerprint density at radius 3 is 2.37 bits per heavy atom. The van der Waals surface area contributed by atoms with Crippen LogP contribution in [0.15, 0.2) is 36.4 Å². The number of carbonyl (C=O) groups excluding carboxylic acids is 1. The van der Waals surface area contributed by atoms with Crippen LogP contribution in [0.2, 0.25) is 0 Å². The van der Waals surface area contributed by atoms with Crippen LogP contribution in [0.1, 0.15) is 52.4 Å². The standard InChI is InChI=1S/C21H27BO5/c1-6-25-18(24)13-16(22-26-20(2,3)21(4,5)27-22)19-15-10-8-7-9-14(15)11-12-17(19)23/h7-12,16,23H,6,13H2,1-5H3. The summed E-state index contributed by atoms with van der Waals surface area (Å²) in [4.78, 5) is 12.3. The van der Waals surface area contributed by atoms with Gasteiger partial charge in [0.1, 0.15) is 5.75 Å². The number of phenols is 1. The Morgan fingerprint density at radius 2 is 1.74 bits per heavy atom. The van der Waals surface area contributed by atoms with Crippen molar-refractivity contribution in [3.05, 3.63) is 42.0 Å². The van der Waals surface area contributed by atoms with E-state index in [4.69, 9.17) is 14.0 Å². The molecule has 1 N–H and O–H groups in total. The maximum Gasteiger partial charge on any atom is 0.466 e. The summed E-state index contributed by atoms with van der Waals surface area (Å²) in [6.07, 6.45) is 0.0617. The first-order valence-corrected chi connectivity index (χ1v) is 9.38. The number of rotatable bonds is 5. The second-order valence-electron chi connectivity index (χ2n) is 7.96. The minimum absolute atomic E-state index is 0.0617. The number of aromatic hydroxyl groups is 1. The first kappa shape index (κ1) is 19.7. The van der Waals surface area contributed by atoms with E-state index in [9.17, 15) is 9.90 Å². The average molecular weight is 370 g/mol. The van der Waals surface area contributed by atoms with Gasteiger partial charge in [0.25, 0.3) is 0 Å². The highest BCUT2D eigenvalue weighted by Crippen LogP contribution is 2.45.